The van der Waals surface area contributed by atoms with Gasteiger partial charge in [0, 0.05) is 16.0 Å². The van der Waals surface area contributed by atoms with E-state index in [2.05, 4.69) is 4.98 Å². The fraction of sp³-hybridized carbons (Fsp3) is 0.182. The monoisotopic (exact) mass is 274 g/mol. The van der Waals surface area contributed by atoms with Crippen molar-refractivity contribution in [3.8, 4) is 11.3 Å². The minimum atomic E-state index is -2.53. The Kier molecular flexibility index (Phi) is 3.31. The first-order valence-electron chi connectivity index (χ1n) is 4.80. The number of hydrogen-bond acceptors (Lipinski definition) is 3. The van der Waals surface area contributed by atoms with Crippen molar-refractivity contribution in [3.05, 3.63) is 33.7 Å². The summed E-state index contributed by atoms with van der Waals surface area (Å²) >= 11 is 7.30. The lowest BCUT2D eigenvalue weighted by Crippen LogP contribution is -1.89. The Bertz CT molecular complexity index is 554. The van der Waals surface area contributed by atoms with Gasteiger partial charge in [-0.1, -0.05) is 17.7 Å². The van der Waals surface area contributed by atoms with Crippen LogP contribution in [0.15, 0.2) is 18.2 Å². The van der Waals surface area contributed by atoms with Crippen LogP contribution in [-0.4, -0.2) is 4.98 Å². The van der Waals surface area contributed by atoms with Crippen LogP contribution in [0.1, 0.15) is 16.9 Å². The molecule has 0 aliphatic heterocycles. The number of aromatic nitrogens is 1. The number of halogens is 3. The van der Waals surface area contributed by atoms with Gasteiger partial charge in [0.25, 0.3) is 6.43 Å². The minimum absolute atomic E-state index is 0.0737. The first-order chi connectivity index (χ1) is 7.99. The van der Waals surface area contributed by atoms with Gasteiger partial charge in [0.05, 0.1) is 10.7 Å². The zero-order valence-electron chi connectivity index (χ0n) is 8.88. The molecule has 2 nitrogen and oxygen atoms in total. The van der Waals surface area contributed by atoms with Crippen molar-refractivity contribution in [2.75, 3.05) is 5.73 Å². The Hall–Kier alpha value is -1.20. The predicted molar refractivity (Wildman–Crippen MR) is 66.7 cm³/mol. The summed E-state index contributed by atoms with van der Waals surface area (Å²) in [6.45, 7) is 1.83. The number of nitrogens with two attached hydrogens (primary N) is 1. The third-order valence-corrected chi connectivity index (χ3v) is 3.44. The molecule has 0 atom stereocenters. The van der Waals surface area contributed by atoms with Gasteiger partial charge >= 0.3 is 0 Å². The van der Waals surface area contributed by atoms with Crippen molar-refractivity contribution < 1.29 is 8.78 Å². The third-order valence-electron chi connectivity index (χ3n) is 2.31. The minimum Gasteiger partial charge on any atom is -0.375 e. The zero-order valence-corrected chi connectivity index (χ0v) is 10.4. The average molecular weight is 275 g/mol. The molecular formula is C11H9ClF2N2S. The van der Waals surface area contributed by atoms with Crippen molar-refractivity contribution in [3.63, 3.8) is 0 Å². The van der Waals surface area contributed by atoms with Crippen LogP contribution in [0.4, 0.5) is 13.9 Å². The molecule has 6 heteroatoms. The predicted octanol–water partition coefficient (Wildman–Crippen LogP) is 4.29. The van der Waals surface area contributed by atoms with Crippen molar-refractivity contribution >= 4 is 28.1 Å². The van der Waals surface area contributed by atoms with Gasteiger partial charge in [-0.2, -0.15) is 0 Å². The fourth-order valence-electron chi connectivity index (χ4n) is 1.53. The molecule has 1 aromatic heterocycles. The van der Waals surface area contributed by atoms with Gasteiger partial charge in [-0.05, 0) is 19.1 Å². The fourth-order valence-corrected chi connectivity index (χ4v) is 2.44. The van der Waals surface area contributed by atoms with E-state index in [1.54, 1.807) is 0 Å². The number of alkyl halides is 2. The number of hydrogen-bond donors (Lipinski definition) is 1. The maximum Gasteiger partial charge on any atom is 0.263 e. The maximum absolute atomic E-state index is 12.6. The first kappa shape index (κ1) is 12.3. The molecule has 2 N–H and O–H groups in total. The van der Waals surface area contributed by atoms with Gasteiger partial charge < -0.3 is 5.73 Å². The first-order valence-corrected chi connectivity index (χ1v) is 5.99. The molecule has 1 heterocycles. The molecule has 0 saturated heterocycles. The van der Waals surface area contributed by atoms with Crippen LogP contribution < -0.4 is 5.73 Å². The number of nitrogen functional groups attached to an aromatic ring is 1. The Morgan fingerprint density at radius 1 is 1.41 bits per heavy atom. The van der Waals surface area contributed by atoms with Crippen LogP contribution in [0.25, 0.3) is 11.3 Å². The van der Waals surface area contributed by atoms with E-state index in [1.807, 2.05) is 6.92 Å². The molecule has 17 heavy (non-hydrogen) atoms. The molecule has 0 amide bonds. The van der Waals surface area contributed by atoms with E-state index in [1.165, 1.54) is 29.5 Å². The summed E-state index contributed by atoms with van der Waals surface area (Å²) in [6, 6.07) is 4.11. The van der Waals surface area contributed by atoms with Gasteiger partial charge in [-0.3, -0.25) is 0 Å². The summed E-state index contributed by atoms with van der Waals surface area (Å²) in [7, 11) is 0. The molecule has 0 aliphatic rings. The molecule has 2 rings (SSSR count). The van der Waals surface area contributed by atoms with Crippen molar-refractivity contribution in [1.82, 2.24) is 4.98 Å². The topological polar surface area (TPSA) is 38.9 Å². The maximum atomic E-state index is 12.6. The van der Waals surface area contributed by atoms with Crippen LogP contribution in [0.3, 0.4) is 0 Å². The second-order valence-electron chi connectivity index (χ2n) is 3.50. The number of aryl methyl sites for hydroxylation is 1. The van der Waals surface area contributed by atoms with E-state index in [9.17, 15) is 8.78 Å². The SMILES string of the molecule is Cc1sc(N)nc1-c1cc(C(F)F)ccc1Cl. The van der Waals surface area contributed by atoms with Gasteiger partial charge in [-0.15, -0.1) is 11.3 Å². The van der Waals surface area contributed by atoms with Gasteiger partial charge in [0.1, 0.15) is 0 Å². The number of rotatable bonds is 2. The van der Waals surface area contributed by atoms with Crippen molar-refractivity contribution in [2.45, 2.75) is 13.3 Å². The second-order valence-corrected chi connectivity index (χ2v) is 5.14. The Labute approximate surface area is 106 Å². The van der Waals surface area contributed by atoms with Gasteiger partial charge in [0.15, 0.2) is 5.13 Å². The highest BCUT2D eigenvalue weighted by Crippen LogP contribution is 2.35. The van der Waals surface area contributed by atoms with E-state index >= 15 is 0 Å². The van der Waals surface area contributed by atoms with E-state index in [0.29, 0.717) is 21.4 Å². The highest BCUT2D eigenvalue weighted by molar-refractivity contribution is 7.15. The molecule has 0 radical (unpaired) electrons. The molecule has 0 spiro atoms. The van der Waals surface area contributed by atoms with Crippen LogP contribution >= 0.6 is 22.9 Å². The van der Waals surface area contributed by atoms with Gasteiger partial charge in [0.2, 0.25) is 0 Å². The molecule has 2 aromatic rings. The van der Waals surface area contributed by atoms with Crippen molar-refractivity contribution in [1.29, 1.82) is 0 Å². The average Bonchev–Trinajstić information content (AvgIpc) is 2.58. The molecular weight excluding hydrogens is 266 g/mol. The summed E-state index contributed by atoms with van der Waals surface area (Å²) < 4.78 is 25.2. The molecule has 0 bridgehead atoms. The number of benzene rings is 1. The third kappa shape index (κ3) is 2.40. The molecule has 90 valence electrons. The molecule has 0 saturated carbocycles. The smallest absolute Gasteiger partial charge is 0.263 e. The Morgan fingerprint density at radius 2 is 2.12 bits per heavy atom. The largest absolute Gasteiger partial charge is 0.375 e. The van der Waals surface area contributed by atoms with E-state index < -0.39 is 6.43 Å². The number of thiazole rings is 1. The Balaban J connectivity index is 2.58. The number of anilines is 1. The molecule has 1 aromatic carbocycles. The summed E-state index contributed by atoms with van der Waals surface area (Å²) in [5.74, 6) is 0. The highest BCUT2D eigenvalue weighted by atomic mass is 35.5. The summed E-state index contributed by atoms with van der Waals surface area (Å²) in [6.07, 6.45) is -2.53. The van der Waals surface area contributed by atoms with Crippen LogP contribution in [-0.2, 0) is 0 Å². The standard InChI is InChI=1S/C11H9ClF2N2S/c1-5-9(16-11(15)17-5)7-4-6(10(13)14)2-3-8(7)12/h2-4,10H,1H3,(H2,15,16). The summed E-state index contributed by atoms with van der Waals surface area (Å²) in [5, 5.41) is 0.791. The van der Waals surface area contributed by atoms with Crippen LogP contribution in [0.5, 0.6) is 0 Å². The lowest BCUT2D eigenvalue weighted by atomic mass is 10.1. The molecule has 0 aliphatic carbocycles. The lowest BCUT2D eigenvalue weighted by molar-refractivity contribution is 0.151. The lowest BCUT2D eigenvalue weighted by Gasteiger charge is -2.05. The molecule has 0 fully saturated rings. The van der Waals surface area contributed by atoms with E-state index in [4.69, 9.17) is 17.3 Å². The second kappa shape index (κ2) is 4.58. The van der Waals surface area contributed by atoms with Crippen molar-refractivity contribution in [2.24, 2.45) is 0 Å². The Morgan fingerprint density at radius 3 is 2.65 bits per heavy atom. The highest BCUT2D eigenvalue weighted by Gasteiger charge is 2.15. The van der Waals surface area contributed by atoms with Crippen LogP contribution in [0.2, 0.25) is 5.02 Å². The number of nitrogens with zero attached hydrogens (tertiary/aromatic N) is 1. The van der Waals surface area contributed by atoms with E-state index in [0.717, 1.165) is 4.88 Å². The van der Waals surface area contributed by atoms with E-state index in [-0.39, 0.29) is 5.56 Å². The molecule has 0 unspecified atom stereocenters. The normalized spacial score (nSPS) is 11.1. The quantitative estimate of drug-likeness (QED) is 0.887. The van der Waals surface area contributed by atoms with Gasteiger partial charge in [-0.25, -0.2) is 13.8 Å². The summed E-state index contributed by atoms with van der Waals surface area (Å²) in [4.78, 5) is 4.97. The zero-order chi connectivity index (χ0) is 12.6. The summed E-state index contributed by atoms with van der Waals surface area (Å²) in [5.41, 5.74) is 6.57. The van der Waals surface area contributed by atoms with Crippen LogP contribution in [0, 0.1) is 6.92 Å².